The van der Waals surface area contributed by atoms with E-state index in [0.717, 1.165) is 13.1 Å². The average Bonchev–Trinajstić information content (AvgIpc) is 2.97. The van der Waals surface area contributed by atoms with Crippen molar-refractivity contribution in [3.8, 4) is 0 Å². The maximum atomic E-state index is 12.3. The Balaban J connectivity index is 2.11. The predicted octanol–water partition coefficient (Wildman–Crippen LogP) is 1.67. The fourth-order valence-corrected chi connectivity index (χ4v) is 2.81. The maximum absolute atomic E-state index is 12.3. The minimum absolute atomic E-state index is 0.120. The van der Waals surface area contributed by atoms with Gasteiger partial charge >= 0.3 is 0 Å². The molecule has 0 aliphatic carbocycles. The molecule has 1 aliphatic rings. The van der Waals surface area contributed by atoms with Gasteiger partial charge in [0.05, 0.1) is 0 Å². The number of hydrogen-bond acceptors (Lipinski definition) is 2. The van der Waals surface area contributed by atoms with Crippen LogP contribution in [0.1, 0.15) is 24.3 Å². The van der Waals surface area contributed by atoms with Crippen LogP contribution in [0.25, 0.3) is 0 Å². The van der Waals surface area contributed by atoms with E-state index in [0.29, 0.717) is 23.6 Å². The van der Waals surface area contributed by atoms with E-state index in [1.807, 2.05) is 17.0 Å². The quantitative estimate of drug-likeness (QED) is 0.885. The Morgan fingerprint density at radius 3 is 2.61 bits per heavy atom. The van der Waals surface area contributed by atoms with Gasteiger partial charge in [-0.3, -0.25) is 4.79 Å². The second-order valence-electron chi connectivity index (χ2n) is 5.73. The lowest BCUT2D eigenvalue weighted by Crippen LogP contribution is -2.37. The molecule has 1 aromatic rings. The van der Waals surface area contributed by atoms with E-state index in [1.54, 1.807) is 6.20 Å². The molecule has 2 atom stereocenters. The standard InChI is InChI=1S/C14H23N3O/c1-10(2)11-8-17(9-13(11)16(3)4)14(18)12-6-5-7-15-12/h5-7,10-11,13,15H,8-9H2,1-4H3/t11-,13+/m1/s1. The highest BCUT2D eigenvalue weighted by molar-refractivity contribution is 5.92. The topological polar surface area (TPSA) is 39.3 Å². The molecular weight excluding hydrogens is 226 g/mol. The van der Waals surface area contributed by atoms with Crippen molar-refractivity contribution >= 4 is 5.91 Å². The number of likely N-dealkylation sites (tertiary alicyclic amines) is 1. The first kappa shape index (κ1) is 13.1. The number of rotatable bonds is 3. The number of aromatic amines is 1. The molecule has 1 aliphatic heterocycles. The summed E-state index contributed by atoms with van der Waals surface area (Å²) in [4.78, 5) is 19.5. The van der Waals surface area contributed by atoms with E-state index in [2.05, 4.69) is 37.8 Å². The van der Waals surface area contributed by atoms with E-state index in [9.17, 15) is 4.79 Å². The van der Waals surface area contributed by atoms with Crippen molar-refractivity contribution in [2.45, 2.75) is 19.9 Å². The zero-order valence-corrected chi connectivity index (χ0v) is 11.7. The highest BCUT2D eigenvalue weighted by atomic mass is 16.2. The SMILES string of the molecule is CC(C)[C@H]1CN(C(=O)c2ccc[nH]2)C[C@@H]1N(C)C. The molecule has 0 saturated carbocycles. The number of nitrogens with zero attached hydrogens (tertiary/aromatic N) is 2. The largest absolute Gasteiger partial charge is 0.357 e. The van der Waals surface area contributed by atoms with E-state index in [-0.39, 0.29) is 5.91 Å². The fourth-order valence-electron chi connectivity index (χ4n) is 2.81. The first-order valence-electron chi connectivity index (χ1n) is 6.59. The van der Waals surface area contributed by atoms with Gasteiger partial charge in [-0.1, -0.05) is 13.8 Å². The molecule has 1 saturated heterocycles. The normalized spacial score (nSPS) is 24.2. The van der Waals surface area contributed by atoms with Crippen LogP contribution in [0.15, 0.2) is 18.3 Å². The summed E-state index contributed by atoms with van der Waals surface area (Å²) in [6, 6.07) is 4.17. The first-order valence-corrected chi connectivity index (χ1v) is 6.59. The molecule has 2 rings (SSSR count). The number of nitrogens with one attached hydrogen (secondary N) is 1. The van der Waals surface area contributed by atoms with E-state index in [4.69, 9.17) is 0 Å². The summed E-state index contributed by atoms with van der Waals surface area (Å²) in [5.74, 6) is 1.27. The molecule has 4 nitrogen and oxygen atoms in total. The van der Waals surface area contributed by atoms with Crippen molar-refractivity contribution in [2.75, 3.05) is 27.2 Å². The second kappa shape index (κ2) is 5.14. The lowest BCUT2D eigenvalue weighted by atomic mass is 9.91. The highest BCUT2D eigenvalue weighted by Crippen LogP contribution is 2.27. The zero-order valence-electron chi connectivity index (χ0n) is 11.7. The van der Waals surface area contributed by atoms with Gasteiger partial charge in [-0.15, -0.1) is 0 Å². The van der Waals surface area contributed by atoms with E-state index in [1.165, 1.54) is 0 Å². The van der Waals surface area contributed by atoms with Crippen LogP contribution >= 0.6 is 0 Å². The third-order valence-corrected chi connectivity index (χ3v) is 3.97. The Bertz CT molecular complexity index is 381. The van der Waals surface area contributed by atoms with Gasteiger partial charge < -0.3 is 14.8 Å². The summed E-state index contributed by atoms with van der Waals surface area (Å²) < 4.78 is 0. The lowest BCUT2D eigenvalue weighted by molar-refractivity contribution is 0.0774. The van der Waals surface area contributed by atoms with Gasteiger partial charge in [-0.05, 0) is 38.1 Å². The number of amides is 1. The van der Waals surface area contributed by atoms with Gasteiger partial charge in [0.25, 0.3) is 5.91 Å². The van der Waals surface area contributed by atoms with Crippen LogP contribution in [0.3, 0.4) is 0 Å². The number of aromatic nitrogens is 1. The van der Waals surface area contributed by atoms with Gasteiger partial charge in [0.2, 0.25) is 0 Å². The molecule has 0 spiro atoms. The Morgan fingerprint density at radius 2 is 2.17 bits per heavy atom. The summed E-state index contributed by atoms with van der Waals surface area (Å²) in [6.07, 6.45) is 1.80. The van der Waals surface area contributed by atoms with Crippen LogP contribution in [0.2, 0.25) is 0 Å². The smallest absolute Gasteiger partial charge is 0.270 e. The average molecular weight is 249 g/mol. The first-order chi connectivity index (χ1) is 8.50. The molecule has 0 aromatic carbocycles. The molecule has 0 radical (unpaired) electrons. The van der Waals surface area contributed by atoms with Gasteiger partial charge in [-0.2, -0.15) is 0 Å². The van der Waals surface area contributed by atoms with Crippen molar-refractivity contribution in [2.24, 2.45) is 11.8 Å². The van der Waals surface area contributed by atoms with Crippen molar-refractivity contribution in [3.63, 3.8) is 0 Å². The Kier molecular flexibility index (Phi) is 3.76. The molecule has 1 amide bonds. The van der Waals surface area contributed by atoms with Gasteiger partial charge in [0, 0.05) is 25.3 Å². The van der Waals surface area contributed by atoms with Crippen molar-refractivity contribution < 1.29 is 4.79 Å². The Morgan fingerprint density at radius 1 is 1.44 bits per heavy atom. The highest BCUT2D eigenvalue weighted by Gasteiger charge is 2.38. The Labute approximate surface area is 109 Å². The number of carbonyl (C=O) groups is 1. The third-order valence-electron chi connectivity index (χ3n) is 3.97. The van der Waals surface area contributed by atoms with E-state index < -0.39 is 0 Å². The van der Waals surface area contributed by atoms with Crippen LogP contribution in [0.5, 0.6) is 0 Å². The van der Waals surface area contributed by atoms with Crippen LogP contribution in [0.4, 0.5) is 0 Å². The molecule has 1 fully saturated rings. The molecule has 18 heavy (non-hydrogen) atoms. The summed E-state index contributed by atoms with van der Waals surface area (Å²) >= 11 is 0. The summed E-state index contributed by atoms with van der Waals surface area (Å²) in [5.41, 5.74) is 0.692. The number of H-pyrrole nitrogens is 1. The summed E-state index contributed by atoms with van der Waals surface area (Å²) in [6.45, 7) is 6.17. The Hall–Kier alpha value is -1.29. The predicted molar refractivity (Wildman–Crippen MR) is 72.5 cm³/mol. The van der Waals surface area contributed by atoms with Crippen LogP contribution in [0, 0.1) is 11.8 Å². The van der Waals surface area contributed by atoms with Crippen molar-refractivity contribution in [1.82, 2.24) is 14.8 Å². The van der Waals surface area contributed by atoms with Crippen molar-refractivity contribution in [1.29, 1.82) is 0 Å². The third kappa shape index (κ3) is 2.43. The number of carbonyl (C=O) groups excluding carboxylic acids is 1. The molecule has 1 N–H and O–H groups in total. The molecule has 100 valence electrons. The fraction of sp³-hybridized carbons (Fsp3) is 0.643. The van der Waals surface area contributed by atoms with Crippen LogP contribution in [-0.4, -0.2) is 53.9 Å². The van der Waals surface area contributed by atoms with Gasteiger partial charge in [-0.25, -0.2) is 0 Å². The van der Waals surface area contributed by atoms with Gasteiger partial charge in [0.1, 0.15) is 5.69 Å². The lowest BCUT2D eigenvalue weighted by Gasteiger charge is -2.27. The minimum Gasteiger partial charge on any atom is -0.357 e. The van der Waals surface area contributed by atoms with Crippen LogP contribution in [-0.2, 0) is 0 Å². The van der Waals surface area contributed by atoms with E-state index >= 15 is 0 Å². The van der Waals surface area contributed by atoms with Crippen molar-refractivity contribution in [3.05, 3.63) is 24.0 Å². The molecule has 2 heterocycles. The summed E-state index contributed by atoms with van der Waals surface area (Å²) in [7, 11) is 4.20. The van der Waals surface area contributed by atoms with Crippen LogP contribution < -0.4 is 0 Å². The zero-order chi connectivity index (χ0) is 13.3. The molecule has 0 bridgehead atoms. The molecule has 0 unspecified atom stereocenters. The monoisotopic (exact) mass is 249 g/mol. The maximum Gasteiger partial charge on any atom is 0.270 e. The molecule has 1 aromatic heterocycles. The number of likely N-dealkylation sites (N-methyl/N-ethyl adjacent to an activating group) is 1. The second-order valence-corrected chi connectivity index (χ2v) is 5.73. The minimum atomic E-state index is 0.120. The molecule has 4 heteroatoms. The number of hydrogen-bond donors (Lipinski definition) is 1. The molecular formula is C14H23N3O. The van der Waals surface area contributed by atoms with Gasteiger partial charge in [0.15, 0.2) is 0 Å². The summed E-state index contributed by atoms with van der Waals surface area (Å²) in [5, 5.41) is 0.